The summed E-state index contributed by atoms with van der Waals surface area (Å²) in [5.41, 5.74) is 1.13. The van der Waals surface area contributed by atoms with Crippen LogP contribution in [0.15, 0.2) is 48.7 Å². The summed E-state index contributed by atoms with van der Waals surface area (Å²) in [6, 6.07) is 10.3. The third-order valence-electron chi connectivity index (χ3n) is 3.92. The first-order chi connectivity index (χ1) is 11.6. The molecule has 0 saturated carbocycles. The highest BCUT2D eigenvalue weighted by molar-refractivity contribution is 6.29. The number of aromatic hydroxyl groups is 1. The van der Waals surface area contributed by atoms with Crippen LogP contribution in [-0.4, -0.2) is 27.1 Å². The number of aliphatic hydroxyl groups is 1. The zero-order valence-corrected chi connectivity index (χ0v) is 14.3. The zero-order chi connectivity index (χ0) is 18.8. The van der Waals surface area contributed by atoms with Gasteiger partial charge in [0.05, 0.1) is 17.4 Å². The quantitative estimate of drug-likeness (QED) is 0.441. The molecule has 0 spiro atoms. The minimum atomic E-state index is -1.09. The Morgan fingerprint density at radius 1 is 0.960 bits per heavy atom. The molecule has 0 heterocycles. The summed E-state index contributed by atoms with van der Waals surface area (Å²) in [5.74, 6) is -1.72. The smallest absolute Gasteiger partial charge is 0.335 e. The van der Waals surface area contributed by atoms with E-state index in [1.54, 1.807) is 12.1 Å². The summed E-state index contributed by atoms with van der Waals surface area (Å²) in [4.78, 5) is 23.6. The fourth-order valence-corrected chi connectivity index (χ4v) is 2.39. The highest BCUT2D eigenvalue weighted by atomic mass is 16.4. The van der Waals surface area contributed by atoms with Crippen molar-refractivity contribution < 1.29 is 24.9 Å². The predicted octanol–water partition coefficient (Wildman–Crippen LogP) is 4.17. The van der Waals surface area contributed by atoms with E-state index < -0.39 is 11.8 Å². The number of ketones is 1. The second kappa shape index (κ2) is 6.81. The molecule has 2 rings (SSSR count). The summed E-state index contributed by atoms with van der Waals surface area (Å²) in [7, 11) is 0. The molecule has 2 aromatic carbocycles. The number of carboxylic acids is 1. The van der Waals surface area contributed by atoms with Gasteiger partial charge in [-0.1, -0.05) is 39.0 Å². The van der Waals surface area contributed by atoms with E-state index >= 15 is 0 Å². The van der Waals surface area contributed by atoms with Crippen molar-refractivity contribution in [3.05, 3.63) is 71.0 Å². The number of allylic oxidation sites excluding steroid dienone is 1. The number of phenols is 1. The van der Waals surface area contributed by atoms with E-state index in [4.69, 9.17) is 5.11 Å². The van der Waals surface area contributed by atoms with Gasteiger partial charge >= 0.3 is 5.97 Å². The van der Waals surface area contributed by atoms with Gasteiger partial charge in [-0.05, 0) is 35.2 Å². The molecule has 0 amide bonds. The summed E-state index contributed by atoms with van der Waals surface area (Å²) < 4.78 is 0. The topological polar surface area (TPSA) is 94.8 Å². The molecule has 0 aromatic heterocycles. The molecule has 25 heavy (non-hydrogen) atoms. The second-order valence-corrected chi connectivity index (χ2v) is 6.74. The molecule has 0 atom stereocenters. The molecule has 0 fully saturated rings. The normalized spacial score (nSPS) is 12.0. The van der Waals surface area contributed by atoms with Crippen LogP contribution in [0.3, 0.4) is 0 Å². The Morgan fingerprint density at radius 3 is 2.00 bits per heavy atom. The molecule has 2 aromatic rings. The van der Waals surface area contributed by atoms with Gasteiger partial charge in [0.1, 0.15) is 5.75 Å². The molecule has 130 valence electrons. The van der Waals surface area contributed by atoms with Gasteiger partial charge in [0.15, 0.2) is 5.78 Å². The second-order valence-electron chi connectivity index (χ2n) is 6.74. The predicted molar refractivity (Wildman–Crippen MR) is 95.1 cm³/mol. The van der Waals surface area contributed by atoms with Crippen molar-refractivity contribution in [2.75, 3.05) is 0 Å². The van der Waals surface area contributed by atoms with Crippen molar-refractivity contribution >= 4 is 17.3 Å². The van der Waals surface area contributed by atoms with E-state index in [1.165, 1.54) is 30.3 Å². The van der Waals surface area contributed by atoms with Crippen molar-refractivity contribution in [1.29, 1.82) is 0 Å². The molecular formula is C20H20O5. The van der Waals surface area contributed by atoms with Crippen LogP contribution >= 0.6 is 0 Å². The average Bonchev–Trinajstić information content (AvgIpc) is 2.56. The maximum Gasteiger partial charge on any atom is 0.335 e. The van der Waals surface area contributed by atoms with Gasteiger partial charge in [-0.3, -0.25) is 4.79 Å². The Balaban J connectivity index is 2.46. The molecule has 0 radical (unpaired) electrons. The number of phenolic OH excluding ortho intramolecular Hbond substituents is 1. The number of carbonyl (C=O) groups excluding carboxylic acids is 1. The van der Waals surface area contributed by atoms with Gasteiger partial charge in [-0.15, -0.1) is 0 Å². The summed E-state index contributed by atoms with van der Waals surface area (Å²) in [5, 5.41) is 28.6. The standard InChI is InChI=1S/C20H20O5/c1-20(2,3)14-8-9-17(22)15(10-14)16(11-21)18(23)12-4-6-13(7-5-12)19(24)25/h4-11,21-22H,1-3H3,(H,24,25). The monoisotopic (exact) mass is 340 g/mol. The van der Waals surface area contributed by atoms with Crippen LogP contribution in [0.25, 0.3) is 5.57 Å². The molecule has 0 aliphatic heterocycles. The highest BCUT2D eigenvalue weighted by Gasteiger charge is 2.21. The Bertz CT molecular complexity index is 839. The van der Waals surface area contributed by atoms with Crippen LogP contribution < -0.4 is 0 Å². The molecule has 5 heteroatoms. The van der Waals surface area contributed by atoms with Crippen LogP contribution in [0.1, 0.15) is 52.6 Å². The number of hydrogen-bond acceptors (Lipinski definition) is 4. The van der Waals surface area contributed by atoms with Crippen LogP contribution in [0, 0.1) is 0 Å². The molecule has 0 aliphatic carbocycles. The fourth-order valence-electron chi connectivity index (χ4n) is 2.39. The van der Waals surface area contributed by atoms with Gasteiger partial charge < -0.3 is 15.3 Å². The van der Waals surface area contributed by atoms with Crippen LogP contribution in [-0.2, 0) is 5.41 Å². The lowest BCUT2D eigenvalue weighted by Gasteiger charge is -2.20. The highest BCUT2D eigenvalue weighted by Crippen LogP contribution is 2.32. The first-order valence-electron chi connectivity index (χ1n) is 7.71. The Kier molecular flexibility index (Phi) is 4.97. The Hall–Kier alpha value is -3.08. The summed E-state index contributed by atoms with van der Waals surface area (Å²) in [6.45, 7) is 5.99. The van der Waals surface area contributed by atoms with Gasteiger partial charge in [0.2, 0.25) is 0 Å². The third kappa shape index (κ3) is 3.88. The molecule has 0 bridgehead atoms. The van der Waals surface area contributed by atoms with Crippen LogP contribution in [0.5, 0.6) is 5.75 Å². The lowest BCUT2D eigenvalue weighted by molar-refractivity contribution is 0.0696. The van der Waals surface area contributed by atoms with Crippen molar-refractivity contribution in [3.8, 4) is 5.75 Å². The molecule has 3 N–H and O–H groups in total. The number of Topliss-reactive ketones (excluding diaryl/α,β-unsaturated/α-hetero) is 1. The number of carboxylic acid groups (broad SMARTS) is 1. The number of benzene rings is 2. The zero-order valence-electron chi connectivity index (χ0n) is 14.3. The van der Waals surface area contributed by atoms with Crippen molar-refractivity contribution in [2.45, 2.75) is 26.2 Å². The van der Waals surface area contributed by atoms with Crippen molar-refractivity contribution in [2.24, 2.45) is 0 Å². The van der Waals surface area contributed by atoms with Gasteiger partial charge in [0, 0.05) is 11.1 Å². The molecule has 0 saturated heterocycles. The van der Waals surface area contributed by atoms with Crippen molar-refractivity contribution in [3.63, 3.8) is 0 Å². The van der Waals surface area contributed by atoms with E-state index in [9.17, 15) is 19.8 Å². The first-order valence-corrected chi connectivity index (χ1v) is 7.71. The Morgan fingerprint density at radius 2 is 1.52 bits per heavy atom. The van der Waals surface area contributed by atoms with Gasteiger partial charge in [-0.2, -0.15) is 0 Å². The van der Waals surface area contributed by atoms with E-state index in [0.717, 1.165) is 5.56 Å². The van der Waals surface area contributed by atoms with E-state index in [0.29, 0.717) is 6.26 Å². The number of rotatable bonds is 4. The first kappa shape index (κ1) is 18.3. The molecular weight excluding hydrogens is 320 g/mol. The van der Waals surface area contributed by atoms with E-state index in [-0.39, 0.29) is 33.4 Å². The largest absolute Gasteiger partial charge is 0.515 e. The van der Waals surface area contributed by atoms with Gasteiger partial charge in [-0.25, -0.2) is 4.79 Å². The Labute approximate surface area is 145 Å². The van der Waals surface area contributed by atoms with E-state index in [2.05, 4.69) is 0 Å². The SMILES string of the molecule is CC(C)(C)c1ccc(O)c(C(=CO)C(=O)c2ccc(C(=O)O)cc2)c1. The van der Waals surface area contributed by atoms with Crippen LogP contribution in [0.2, 0.25) is 0 Å². The van der Waals surface area contributed by atoms with Crippen molar-refractivity contribution in [1.82, 2.24) is 0 Å². The number of hydrogen-bond donors (Lipinski definition) is 3. The summed E-state index contributed by atoms with van der Waals surface area (Å²) in [6.07, 6.45) is 0.662. The number of carbonyl (C=O) groups is 2. The average molecular weight is 340 g/mol. The minimum Gasteiger partial charge on any atom is -0.515 e. The molecule has 5 nitrogen and oxygen atoms in total. The lowest BCUT2D eigenvalue weighted by Crippen LogP contribution is -2.12. The van der Waals surface area contributed by atoms with Gasteiger partial charge in [0.25, 0.3) is 0 Å². The minimum absolute atomic E-state index is 0.0589. The fraction of sp³-hybridized carbons (Fsp3) is 0.200. The lowest BCUT2D eigenvalue weighted by atomic mass is 9.84. The molecule has 0 unspecified atom stereocenters. The number of aromatic carboxylic acids is 1. The van der Waals surface area contributed by atoms with E-state index in [1.807, 2.05) is 20.8 Å². The molecule has 0 aliphatic rings. The maximum atomic E-state index is 12.7. The van der Waals surface area contributed by atoms with Crippen LogP contribution in [0.4, 0.5) is 0 Å². The number of aliphatic hydroxyl groups excluding tert-OH is 1. The maximum absolute atomic E-state index is 12.7. The third-order valence-corrected chi connectivity index (χ3v) is 3.92. The summed E-state index contributed by atoms with van der Waals surface area (Å²) >= 11 is 0.